The Morgan fingerprint density at radius 2 is 1.88 bits per heavy atom. The summed E-state index contributed by atoms with van der Waals surface area (Å²) in [6, 6.07) is 6.65. The molecule has 1 aliphatic heterocycles. The Bertz CT molecular complexity index is 775. The number of hydrogen-bond acceptors (Lipinski definition) is 3. The number of piperidine rings is 1. The summed E-state index contributed by atoms with van der Waals surface area (Å²) < 4.78 is 26.1. The van der Waals surface area contributed by atoms with Crippen molar-refractivity contribution in [1.82, 2.24) is 9.88 Å². The molecule has 0 aliphatic carbocycles. The van der Waals surface area contributed by atoms with Crippen LogP contribution in [0.2, 0.25) is 0 Å². The van der Waals surface area contributed by atoms with Crippen LogP contribution in [0.1, 0.15) is 23.2 Å². The molecule has 0 bridgehead atoms. The van der Waals surface area contributed by atoms with Crippen LogP contribution in [-0.4, -0.2) is 34.8 Å². The molecule has 0 spiro atoms. The summed E-state index contributed by atoms with van der Waals surface area (Å²) in [7, 11) is 0. The van der Waals surface area contributed by atoms with Crippen LogP contribution in [0.25, 0.3) is 0 Å². The molecule has 130 valence electrons. The van der Waals surface area contributed by atoms with Crippen molar-refractivity contribution in [2.45, 2.75) is 12.8 Å². The van der Waals surface area contributed by atoms with E-state index in [0.29, 0.717) is 31.5 Å². The Morgan fingerprint density at radius 1 is 1.12 bits per heavy atom. The first-order valence-corrected chi connectivity index (χ1v) is 8.00. The quantitative estimate of drug-likeness (QED) is 0.930. The van der Waals surface area contributed by atoms with Gasteiger partial charge in [0.1, 0.15) is 0 Å². The van der Waals surface area contributed by atoms with Crippen molar-refractivity contribution in [1.29, 1.82) is 0 Å². The van der Waals surface area contributed by atoms with Gasteiger partial charge in [-0.2, -0.15) is 0 Å². The number of likely N-dealkylation sites (tertiary alicyclic amines) is 1. The molecule has 7 heteroatoms. The highest BCUT2D eigenvalue weighted by molar-refractivity contribution is 5.95. The Hall–Kier alpha value is -2.83. The molecule has 0 atom stereocenters. The van der Waals surface area contributed by atoms with Crippen LogP contribution < -0.4 is 5.32 Å². The van der Waals surface area contributed by atoms with Gasteiger partial charge in [-0.15, -0.1) is 0 Å². The molecule has 2 amide bonds. The number of hydrogen-bond donors (Lipinski definition) is 1. The second-order valence-electron chi connectivity index (χ2n) is 5.93. The maximum Gasteiger partial charge on any atom is 0.255 e. The van der Waals surface area contributed by atoms with Gasteiger partial charge in [-0.05, 0) is 37.1 Å². The molecule has 25 heavy (non-hydrogen) atoms. The van der Waals surface area contributed by atoms with Gasteiger partial charge < -0.3 is 10.2 Å². The van der Waals surface area contributed by atoms with Crippen molar-refractivity contribution < 1.29 is 18.4 Å². The number of nitrogens with one attached hydrogen (secondary N) is 1. The van der Waals surface area contributed by atoms with E-state index in [0.717, 1.165) is 12.1 Å². The second-order valence-corrected chi connectivity index (χ2v) is 5.93. The molecular formula is C18H17F2N3O2. The number of benzene rings is 1. The third-order valence-electron chi connectivity index (χ3n) is 4.25. The van der Waals surface area contributed by atoms with E-state index in [1.165, 1.54) is 12.3 Å². The van der Waals surface area contributed by atoms with Crippen LogP contribution in [0.5, 0.6) is 0 Å². The number of halogens is 2. The van der Waals surface area contributed by atoms with Crippen LogP contribution in [0.3, 0.4) is 0 Å². The van der Waals surface area contributed by atoms with Gasteiger partial charge in [0.25, 0.3) is 5.91 Å². The van der Waals surface area contributed by atoms with E-state index in [4.69, 9.17) is 0 Å². The number of carbonyl (C=O) groups excluding carboxylic acids is 2. The van der Waals surface area contributed by atoms with Crippen molar-refractivity contribution in [3.05, 3.63) is 59.9 Å². The van der Waals surface area contributed by atoms with E-state index < -0.39 is 11.6 Å². The minimum absolute atomic E-state index is 0.104. The fraction of sp³-hybridized carbons (Fsp3) is 0.278. The third-order valence-corrected chi connectivity index (χ3v) is 4.25. The van der Waals surface area contributed by atoms with Crippen molar-refractivity contribution in [3.8, 4) is 0 Å². The van der Waals surface area contributed by atoms with Crippen molar-refractivity contribution in [2.24, 2.45) is 5.92 Å². The lowest BCUT2D eigenvalue weighted by Crippen LogP contribution is -2.41. The summed E-state index contributed by atoms with van der Waals surface area (Å²) in [5, 5.41) is 2.60. The van der Waals surface area contributed by atoms with Crippen LogP contribution in [0.4, 0.5) is 14.5 Å². The first kappa shape index (κ1) is 17.0. The zero-order valence-corrected chi connectivity index (χ0v) is 13.4. The van der Waals surface area contributed by atoms with E-state index >= 15 is 0 Å². The third kappa shape index (κ3) is 3.99. The van der Waals surface area contributed by atoms with Gasteiger partial charge >= 0.3 is 0 Å². The van der Waals surface area contributed by atoms with Gasteiger partial charge in [0.2, 0.25) is 5.91 Å². The summed E-state index contributed by atoms with van der Waals surface area (Å²) in [5.41, 5.74) is 0.741. The summed E-state index contributed by atoms with van der Waals surface area (Å²) in [4.78, 5) is 30.2. The maximum atomic E-state index is 13.2. The fourth-order valence-electron chi connectivity index (χ4n) is 2.83. The second kappa shape index (κ2) is 7.38. The first-order valence-electron chi connectivity index (χ1n) is 8.00. The minimum Gasteiger partial charge on any atom is -0.339 e. The molecule has 1 fully saturated rings. The number of carbonyl (C=O) groups is 2. The smallest absolute Gasteiger partial charge is 0.255 e. The zero-order chi connectivity index (χ0) is 17.8. The van der Waals surface area contributed by atoms with Crippen molar-refractivity contribution in [3.63, 3.8) is 0 Å². The Morgan fingerprint density at radius 3 is 2.52 bits per heavy atom. The molecule has 1 N–H and O–H groups in total. The lowest BCUT2D eigenvalue weighted by Gasteiger charge is -2.31. The fourth-order valence-corrected chi connectivity index (χ4v) is 2.83. The normalized spacial score (nSPS) is 15.0. The van der Waals surface area contributed by atoms with Crippen LogP contribution >= 0.6 is 0 Å². The largest absolute Gasteiger partial charge is 0.339 e. The summed E-state index contributed by atoms with van der Waals surface area (Å²) in [6.07, 6.45) is 4.15. The van der Waals surface area contributed by atoms with Crippen molar-refractivity contribution >= 4 is 17.5 Å². The van der Waals surface area contributed by atoms with E-state index in [2.05, 4.69) is 10.3 Å². The SMILES string of the molecule is O=C(Nc1ccc(F)c(F)c1)C1CCN(C(=O)c2cccnc2)CC1. The molecule has 5 nitrogen and oxygen atoms in total. The predicted octanol–water partition coefficient (Wildman–Crippen LogP) is 2.85. The molecule has 1 aromatic heterocycles. The summed E-state index contributed by atoms with van der Waals surface area (Å²) in [5.74, 6) is -2.59. The van der Waals surface area contributed by atoms with Crippen LogP contribution in [0.15, 0.2) is 42.7 Å². The van der Waals surface area contributed by atoms with Gasteiger partial charge in [-0.25, -0.2) is 8.78 Å². The van der Waals surface area contributed by atoms with Crippen molar-refractivity contribution in [2.75, 3.05) is 18.4 Å². The van der Waals surface area contributed by atoms with Gasteiger partial charge in [-0.3, -0.25) is 14.6 Å². The molecule has 1 aromatic carbocycles. The van der Waals surface area contributed by atoms with Crippen LogP contribution in [0, 0.1) is 17.6 Å². The molecular weight excluding hydrogens is 328 g/mol. The topological polar surface area (TPSA) is 62.3 Å². The molecule has 2 aromatic rings. The van der Waals surface area contributed by atoms with E-state index in [9.17, 15) is 18.4 Å². The molecule has 0 saturated carbocycles. The minimum atomic E-state index is -1.00. The highest BCUT2D eigenvalue weighted by atomic mass is 19.2. The predicted molar refractivity (Wildman–Crippen MR) is 87.9 cm³/mol. The number of amides is 2. The maximum absolute atomic E-state index is 13.2. The summed E-state index contributed by atoms with van der Waals surface area (Å²) in [6.45, 7) is 0.924. The van der Waals surface area contributed by atoms with Gasteiger partial charge in [-0.1, -0.05) is 0 Å². The monoisotopic (exact) mass is 345 g/mol. The molecule has 1 saturated heterocycles. The van der Waals surface area contributed by atoms with Gasteiger partial charge in [0.15, 0.2) is 11.6 Å². The Kier molecular flexibility index (Phi) is 5.02. The lowest BCUT2D eigenvalue weighted by atomic mass is 9.95. The summed E-state index contributed by atoms with van der Waals surface area (Å²) >= 11 is 0. The van der Waals surface area contributed by atoms with E-state index in [1.807, 2.05) is 0 Å². The lowest BCUT2D eigenvalue weighted by molar-refractivity contribution is -0.121. The number of nitrogens with zero attached hydrogens (tertiary/aromatic N) is 2. The molecule has 2 heterocycles. The average molecular weight is 345 g/mol. The molecule has 1 aliphatic rings. The number of aromatic nitrogens is 1. The number of anilines is 1. The average Bonchev–Trinajstić information content (AvgIpc) is 2.65. The zero-order valence-electron chi connectivity index (χ0n) is 13.4. The Balaban J connectivity index is 1.55. The number of rotatable bonds is 3. The highest BCUT2D eigenvalue weighted by Crippen LogP contribution is 2.21. The standard InChI is InChI=1S/C18H17F2N3O2/c19-15-4-3-14(10-16(15)20)22-17(24)12-5-8-23(9-6-12)18(25)13-2-1-7-21-11-13/h1-4,7,10-12H,5-6,8-9H2,(H,22,24). The number of pyridine rings is 1. The van der Waals surface area contributed by atoms with Gasteiger partial charge in [0.05, 0.1) is 5.56 Å². The molecule has 0 radical (unpaired) electrons. The first-order chi connectivity index (χ1) is 12.0. The van der Waals surface area contributed by atoms with E-state index in [1.54, 1.807) is 23.2 Å². The highest BCUT2D eigenvalue weighted by Gasteiger charge is 2.28. The molecule has 0 unspecified atom stereocenters. The van der Waals surface area contributed by atoms with E-state index in [-0.39, 0.29) is 23.4 Å². The van der Waals surface area contributed by atoms with Crippen LogP contribution in [-0.2, 0) is 4.79 Å². The molecule has 3 rings (SSSR count). The Labute approximate surface area is 143 Å². The van der Waals surface area contributed by atoms with Gasteiger partial charge in [0, 0.05) is 43.2 Å².